The third kappa shape index (κ3) is 3.39. The standard InChI is InChI=1S/C15H14BrNO4S/c1-10-14(22(19,20)9-3-2-8-17)13(21-15(10)18)11-4-6-12(16)7-5-11/h4-7,13H,2-3,9H2,1H3. The van der Waals surface area contributed by atoms with Gasteiger partial charge in [-0.25, -0.2) is 13.2 Å². The fourth-order valence-electron chi connectivity index (χ4n) is 2.25. The van der Waals surface area contributed by atoms with Crippen LogP contribution in [0.15, 0.2) is 39.2 Å². The number of sulfone groups is 1. The monoisotopic (exact) mass is 383 g/mol. The fraction of sp³-hybridized carbons (Fsp3) is 0.333. The minimum Gasteiger partial charge on any atom is -0.448 e. The average molecular weight is 384 g/mol. The van der Waals surface area contributed by atoms with Crippen LogP contribution in [-0.2, 0) is 19.4 Å². The van der Waals surface area contributed by atoms with Crippen LogP contribution >= 0.6 is 15.9 Å². The van der Waals surface area contributed by atoms with E-state index in [0.717, 1.165) is 4.47 Å². The zero-order chi connectivity index (χ0) is 16.3. The first-order valence-corrected chi connectivity index (χ1v) is 9.08. The van der Waals surface area contributed by atoms with Crippen molar-refractivity contribution in [3.8, 4) is 6.07 Å². The second-order valence-electron chi connectivity index (χ2n) is 4.91. The van der Waals surface area contributed by atoms with Gasteiger partial charge in [0.15, 0.2) is 15.9 Å². The van der Waals surface area contributed by atoms with E-state index in [9.17, 15) is 13.2 Å². The number of carbonyl (C=O) groups excluding carboxylic acids is 1. The molecule has 0 saturated carbocycles. The maximum absolute atomic E-state index is 12.5. The van der Waals surface area contributed by atoms with Gasteiger partial charge in [-0.05, 0) is 31.0 Å². The molecule has 0 saturated heterocycles. The molecule has 0 aromatic heterocycles. The van der Waals surface area contributed by atoms with Gasteiger partial charge in [-0.15, -0.1) is 0 Å². The quantitative estimate of drug-likeness (QED) is 0.576. The molecule has 7 heteroatoms. The first-order valence-electron chi connectivity index (χ1n) is 6.63. The molecule has 1 aliphatic rings. The molecule has 0 N–H and O–H groups in total. The van der Waals surface area contributed by atoms with Crippen molar-refractivity contribution in [1.82, 2.24) is 0 Å². The molecule has 0 aliphatic carbocycles. The number of halogens is 1. The van der Waals surface area contributed by atoms with Gasteiger partial charge >= 0.3 is 5.97 Å². The molecular formula is C15H14BrNO4S. The maximum Gasteiger partial charge on any atom is 0.335 e. The molecule has 1 aromatic carbocycles. The number of rotatable bonds is 5. The number of ether oxygens (including phenoxy) is 1. The molecule has 1 heterocycles. The van der Waals surface area contributed by atoms with Gasteiger partial charge in [0.2, 0.25) is 0 Å². The van der Waals surface area contributed by atoms with Crippen LogP contribution in [0.2, 0.25) is 0 Å². The minimum atomic E-state index is -3.65. The topological polar surface area (TPSA) is 84.2 Å². The highest BCUT2D eigenvalue weighted by molar-refractivity contribution is 9.10. The van der Waals surface area contributed by atoms with Gasteiger partial charge in [0, 0.05) is 10.9 Å². The first kappa shape index (κ1) is 16.7. The lowest BCUT2D eigenvalue weighted by atomic mass is 10.1. The van der Waals surface area contributed by atoms with Crippen molar-refractivity contribution in [2.75, 3.05) is 5.75 Å². The van der Waals surface area contributed by atoms with E-state index >= 15 is 0 Å². The Morgan fingerprint density at radius 3 is 2.55 bits per heavy atom. The van der Waals surface area contributed by atoms with Crippen molar-refractivity contribution in [2.24, 2.45) is 0 Å². The second-order valence-corrected chi connectivity index (χ2v) is 7.90. The Morgan fingerprint density at radius 1 is 1.32 bits per heavy atom. The third-order valence-electron chi connectivity index (χ3n) is 3.35. The molecule has 0 bridgehead atoms. The molecular weight excluding hydrogens is 370 g/mol. The van der Waals surface area contributed by atoms with E-state index in [1.165, 1.54) is 6.92 Å². The number of hydrogen-bond donors (Lipinski definition) is 0. The Labute approximate surface area is 137 Å². The van der Waals surface area contributed by atoms with Crippen LogP contribution in [0.25, 0.3) is 0 Å². The summed E-state index contributed by atoms with van der Waals surface area (Å²) in [5, 5.41) is 8.54. The summed E-state index contributed by atoms with van der Waals surface area (Å²) in [6, 6.07) is 8.86. The zero-order valence-corrected chi connectivity index (χ0v) is 14.3. The normalized spacial score (nSPS) is 18.2. The second kappa shape index (κ2) is 6.63. The summed E-state index contributed by atoms with van der Waals surface area (Å²) in [7, 11) is -3.65. The van der Waals surface area contributed by atoms with Crippen molar-refractivity contribution in [3.63, 3.8) is 0 Å². The largest absolute Gasteiger partial charge is 0.448 e. The van der Waals surface area contributed by atoms with E-state index in [-0.39, 0.29) is 29.1 Å². The van der Waals surface area contributed by atoms with E-state index < -0.39 is 21.9 Å². The van der Waals surface area contributed by atoms with Gasteiger partial charge in [-0.2, -0.15) is 5.26 Å². The molecule has 1 aliphatic heterocycles. The summed E-state index contributed by atoms with van der Waals surface area (Å²) >= 11 is 3.31. The molecule has 0 radical (unpaired) electrons. The smallest absolute Gasteiger partial charge is 0.335 e. The molecule has 1 aromatic rings. The van der Waals surface area contributed by atoms with E-state index in [2.05, 4.69) is 15.9 Å². The first-order chi connectivity index (χ1) is 10.4. The Morgan fingerprint density at radius 2 is 1.95 bits per heavy atom. The summed E-state index contributed by atoms with van der Waals surface area (Å²) in [4.78, 5) is 11.8. The van der Waals surface area contributed by atoms with E-state index in [0.29, 0.717) is 5.56 Å². The summed E-state index contributed by atoms with van der Waals surface area (Å²) in [6.07, 6.45) is -0.520. The number of unbranched alkanes of at least 4 members (excludes halogenated alkanes) is 1. The molecule has 0 spiro atoms. The predicted molar refractivity (Wildman–Crippen MR) is 84.3 cm³/mol. The molecule has 1 unspecified atom stereocenters. The fourth-order valence-corrected chi connectivity index (χ4v) is 4.32. The number of cyclic esters (lactones) is 1. The average Bonchev–Trinajstić information content (AvgIpc) is 2.76. The number of carbonyl (C=O) groups is 1. The number of hydrogen-bond acceptors (Lipinski definition) is 5. The highest BCUT2D eigenvalue weighted by atomic mass is 79.9. The lowest BCUT2D eigenvalue weighted by Gasteiger charge is -2.15. The van der Waals surface area contributed by atoms with Crippen LogP contribution in [-0.4, -0.2) is 20.1 Å². The lowest BCUT2D eigenvalue weighted by Crippen LogP contribution is -2.15. The van der Waals surface area contributed by atoms with E-state index in [1.807, 2.05) is 6.07 Å². The number of nitrogens with zero attached hydrogens (tertiary/aromatic N) is 1. The summed E-state index contributed by atoms with van der Waals surface area (Å²) in [5.74, 6) is -0.788. The maximum atomic E-state index is 12.5. The lowest BCUT2D eigenvalue weighted by molar-refractivity contribution is -0.139. The summed E-state index contributed by atoms with van der Waals surface area (Å²) < 4.78 is 31.1. The Hall–Kier alpha value is -1.65. The van der Waals surface area contributed by atoms with Crippen molar-refractivity contribution in [2.45, 2.75) is 25.9 Å². The molecule has 0 fully saturated rings. The number of benzene rings is 1. The van der Waals surface area contributed by atoms with Crippen LogP contribution in [0.3, 0.4) is 0 Å². The summed E-state index contributed by atoms with van der Waals surface area (Å²) in [5.41, 5.74) is 0.720. The van der Waals surface area contributed by atoms with Gasteiger partial charge in [0.05, 0.1) is 22.3 Å². The van der Waals surface area contributed by atoms with E-state index in [4.69, 9.17) is 10.00 Å². The molecule has 116 valence electrons. The Bertz CT molecular complexity index is 760. The van der Waals surface area contributed by atoms with Crippen molar-refractivity contribution in [1.29, 1.82) is 5.26 Å². The van der Waals surface area contributed by atoms with Crippen molar-refractivity contribution in [3.05, 3.63) is 44.8 Å². The van der Waals surface area contributed by atoms with Gasteiger partial charge in [-0.3, -0.25) is 0 Å². The van der Waals surface area contributed by atoms with Crippen molar-refractivity contribution >= 4 is 31.7 Å². The van der Waals surface area contributed by atoms with Crippen LogP contribution in [0.5, 0.6) is 0 Å². The van der Waals surface area contributed by atoms with Gasteiger partial charge in [0.1, 0.15) is 0 Å². The minimum absolute atomic E-state index is 0.0118. The molecule has 1 atom stereocenters. The van der Waals surface area contributed by atoms with Crippen LogP contribution in [0.4, 0.5) is 0 Å². The Kier molecular flexibility index (Phi) is 5.04. The molecule has 2 rings (SSSR count). The van der Waals surface area contributed by atoms with Gasteiger partial charge < -0.3 is 4.74 Å². The highest BCUT2D eigenvalue weighted by Gasteiger charge is 2.39. The molecule has 5 nitrogen and oxygen atoms in total. The van der Waals surface area contributed by atoms with Crippen LogP contribution in [0, 0.1) is 11.3 Å². The number of nitriles is 1. The highest BCUT2D eigenvalue weighted by Crippen LogP contribution is 2.39. The zero-order valence-electron chi connectivity index (χ0n) is 11.9. The van der Waals surface area contributed by atoms with Gasteiger partial charge in [0.25, 0.3) is 0 Å². The predicted octanol–water partition coefficient (Wildman–Crippen LogP) is 3.04. The SMILES string of the molecule is CC1=C(S(=O)(=O)CCCC#N)C(c2ccc(Br)cc2)OC1=O. The van der Waals surface area contributed by atoms with Crippen LogP contribution < -0.4 is 0 Å². The third-order valence-corrected chi connectivity index (χ3v) is 5.89. The Balaban J connectivity index is 2.38. The molecule has 22 heavy (non-hydrogen) atoms. The number of esters is 1. The molecule has 0 amide bonds. The summed E-state index contributed by atoms with van der Waals surface area (Å²) in [6.45, 7) is 1.46. The van der Waals surface area contributed by atoms with Crippen LogP contribution in [0.1, 0.15) is 31.4 Å². The van der Waals surface area contributed by atoms with E-state index in [1.54, 1.807) is 24.3 Å². The van der Waals surface area contributed by atoms with Crippen molar-refractivity contribution < 1.29 is 17.9 Å². The van der Waals surface area contributed by atoms with Gasteiger partial charge in [-0.1, -0.05) is 28.1 Å².